The topological polar surface area (TPSA) is 0 Å². The molecule has 0 atom stereocenters. The van der Waals surface area contributed by atoms with Crippen LogP contribution < -0.4 is 10.4 Å². The van der Waals surface area contributed by atoms with Crippen LogP contribution >= 0.6 is 22.2 Å². The summed E-state index contributed by atoms with van der Waals surface area (Å²) >= 11 is 12.9. The smallest absolute Gasteiger partial charge is 0.146 e. The highest BCUT2D eigenvalue weighted by Crippen LogP contribution is 2.45. The van der Waals surface area contributed by atoms with Crippen molar-refractivity contribution in [3.8, 4) is 0 Å². The third-order valence-corrected chi connectivity index (χ3v) is 20.4. The largest absolute Gasteiger partial charge is 0.247 e. The van der Waals surface area contributed by atoms with Crippen LogP contribution in [0.25, 0.3) is 0 Å². The lowest BCUT2D eigenvalue weighted by molar-refractivity contribution is 1.49. The zero-order chi connectivity index (χ0) is 12.6. The molecular formula is C14H14Cl2Si2. The zero-order valence-electron chi connectivity index (χ0n) is 9.94. The van der Waals surface area contributed by atoms with Crippen molar-refractivity contribution in [2.75, 3.05) is 0 Å². The molecule has 2 aromatic rings. The third kappa shape index (κ3) is 2.07. The van der Waals surface area contributed by atoms with Crippen molar-refractivity contribution < 1.29 is 0 Å². The molecule has 0 N–H and O–H groups in total. The number of hydrogen-bond acceptors (Lipinski definition) is 0. The van der Waals surface area contributed by atoms with Gasteiger partial charge in [-0.15, -0.1) is 22.2 Å². The van der Waals surface area contributed by atoms with Crippen molar-refractivity contribution >= 4 is 47.3 Å². The quantitative estimate of drug-likeness (QED) is 0.590. The zero-order valence-corrected chi connectivity index (χ0v) is 13.5. The molecule has 1 saturated heterocycles. The molecule has 0 radical (unpaired) electrons. The number of hydrogen-bond donors (Lipinski definition) is 0. The summed E-state index contributed by atoms with van der Waals surface area (Å²) in [5.74, 6) is 0. The molecule has 0 saturated carbocycles. The lowest BCUT2D eigenvalue weighted by Crippen LogP contribution is -2.71. The summed E-state index contributed by atoms with van der Waals surface area (Å²) in [7, 11) is -1.63. The van der Waals surface area contributed by atoms with E-state index in [4.69, 9.17) is 22.2 Å². The molecule has 0 aromatic heterocycles. The van der Waals surface area contributed by atoms with Crippen molar-refractivity contribution in [1.82, 2.24) is 0 Å². The SMILES string of the molecule is Cl[Si]1(Cl)C[Si](c2ccccc2)(c2ccccc2)C1. The van der Waals surface area contributed by atoms with Crippen molar-refractivity contribution in [2.45, 2.75) is 11.3 Å². The molecule has 92 valence electrons. The van der Waals surface area contributed by atoms with E-state index in [1.54, 1.807) is 0 Å². The summed E-state index contributed by atoms with van der Waals surface area (Å²) in [6.45, 7) is -1.95. The van der Waals surface area contributed by atoms with Crippen LogP contribution in [0, 0.1) is 0 Å². The van der Waals surface area contributed by atoms with Gasteiger partial charge in [-0.1, -0.05) is 71.0 Å². The Labute approximate surface area is 119 Å². The Morgan fingerprint density at radius 2 is 1.06 bits per heavy atom. The number of rotatable bonds is 2. The summed E-state index contributed by atoms with van der Waals surface area (Å²) < 4.78 is 0. The second kappa shape index (κ2) is 4.53. The molecule has 1 heterocycles. The van der Waals surface area contributed by atoms with E-state index in [2.05, 4.69) is 60.7 Å². The van der Waals surface area contributed by atoms with Crippen LogP contribution in [0.2, 0.25) is 11.3 Å². The van der Waals surface area contributed by atoms with Gasteiger partial charge in [0.05, 0.1) is 0 Å². The van der Waals surface area contributed by atoms with Gasteiger partial charge in [0.1, 0.15) is 8.07 Å². The van der Waals surface area contributed by atoms with Gasteiger partial charge >= 0.3 is 0 Å². The molecule has 2 aromatic carbocycles. The minimum Gasteiger partial charge on any atom is -0.146 e. The Morgan fingerprint density at radius 1 is 0.667 bits per heavy atom. The first-order valence-corrected chi connectivity index (χ1v) is 13.0. The minimum atomic E-state index is -1.95. The fourth-order valence-electron chi connectivity index (χ4n) is 2.92. The summed E-state index contributed by atoms with van der Waals surface area (Å²) in [6.07, 6.45) is 0. The maximum absolute atomic E-state index is 6.43. The number of benzene rings is 2. The third-order valence-electron chi connectivity index (χ3n) is 3.77. The van der Waals surface area contributed by atoms with Gasteiger partial charge in [0, 0.05) is 0 Å². The highest BCUT2D eigenvalue weighted by molar-refractivity contribution is 7.56. The Hall–Kier alpha value is -0.546. The van der Waals surface area contributed by atoms with E-state index in [9.17, 15) is 0 Å². The van der Waals surface area contributed by atoms with E-state index in [0.717, 1.165) is 11.3 Å². The molecule has 0 unspecified atom stereocenters. The van der Waals surface area contributed by atoms with Gasteiger partial charge in [0.25, 0.3) is 0 Å². The average Bonchev–Trinajstić information content (AvgIpc) is 2.37. The maximum atomic E-state index is 6.43. The first-order valence-electron chi connectivity index (χ1n) is 6.11. The Kier molecular flexibility index (Phi) is 3.14. The first kappa shape index (κ1) is 12.5. The molecule has 18 heavy (non-hydrogen) atoms. The Balaban J connectivity index is 2.07. The molecule has 0 bridgehead atoms. The predicted octanol–water partition coefficient (Wildman–Crippen LogP) is 3.26. The van der Waals surface area contributed by atoms with E-state index in [1.165, 1.54) is 10.4 Å². The van der Waals surface area contributed by atoms with Crippen molar-refractivity contribution in [3.63, 3.8) is 0 Å². The van der Waals surface area contributed by atoms with Gasteiger partial charge in [-0.25, -0.2) is 0 Å². The van der Waals surface area contributed by atoms with E-state index in [1.807, 2.05) is 0 Å². The second-order valence-electron chi connectivity index (χ2n) is 5.02. The fraction of sp³-hybridized carbons (Fsp3) is 0.143. The summed E-state index contributed by atoms with van der Waals surface area (Å²) in [6, 6.07) is 21.6. The molecule has 1 aliphatic heterocycles. The highest BCUT2D eigenvalue weighted by Gasteiger charge is 2.58. The Morgan fingerprint density at radius 3 is 1.39 bits per heavy atom. The molecular weight excluding hydrogens is 295 g/mol. The molecule has 0 spiro atoms. The van der Waals surface area contributed by atoms with E-state index < -0.39 is 14.8 Å². The van der Waals surface area contributed by atoms with Gasteiger partial charge in [-0.2, -0.15) is 0 Å². The Bertz CT molecular complexity index is 491. The highest BCUT2D eigenvalue weighted by atomic mass is 35.7. The van der Waals surface area contributed by atoms with Crippen LogP contribution in [0.4, 0.5) is 0 Å². The molecule has 1 fully saturated rings. The lowest BCUT2D eigenvalue weighted by atomic mass is 10.4. The van der Waals surface area contributed by atoms with Crippen molar-refractivity contribution in [3.05, 3.63) is 60.7 Å². The first-order chi connectivity index (χ1) is 8.62. The molecule has 0 amide bonds. The van der Waals surface area contributed by atoms with Gasteiger partial charge in [0.15, 0.2) is 0 Å². The predicted molar refractivity (Wildman–Crippen MR) is 85.0 cm³/mol. The van der Waals surface area contributed by atoms with Crippen molar-refractivity contribution in [1.29, 1.82) is 0 Å². The van der Waals surface area contributed by atoms with Crippen LogP contribution in [0.5, 0.6) is 0 Å². The molecule has 0 aliphatic carbocycles. The normalized spacial score (nSPS) is 20.1. The average molecular weight is 309 g/mol. The molecule has 3 rings (SSSR count). The maximum Gasteiger partial charge on any atom is 0.247 e. The molecule has 4 heteroatoms. The van der Waals surface area contributed by atoms with Crippen LogP contribution in [0.3, 0.4) is 0 Å². The van der Waals surface area contributed by atoms with Crippen LogP contribution in [-0.2, 0) is 0 Å². The standard InChI is InChI=1S/C14H14Cl2Si2/c15-18(16)11-17(12-18,13-7-3-1-4-8-13)14-9-5-2-6-10-14/h1-10H,11-12H2. The number of halogens is 2. The fourth-order valence-corrected chi connectivity index (χ4v) is 23.0. The van der Waals surface area contributed by atoms with E-state index in [-0.39, 0.29) is 0 Å². The van der Waals surface area contributed by atoms with Gasteiger partial charge in [-0.05, 0) is 11.3 Å². The van der Waals surface area contributed by atoms with Gasteiger partial charge < -0.3 is 0 Å². The summed E-state index contributed by atoms with van der Waals surface area (Å²) in [4.78, 5) is 0. The van der Waals surface area contributed by atoms with Crippen LogP contribution in [0.1, 0.15) is 0 Å². The van der Waals surface area contributed by atoms with Crippen LogP contribution in [-0.4, -0.2) is 14.8 Å². The van der Waals surface area contributed by atoms with Gasteiger partial charge in [0.2, 0.25) is 6.69 Å². The molecule has 1 aliphatic rings. The summed E-state index contributed by atoms with van der Waals surface area (Å²) in [5.41, 5.74) is 2.11. The van der Waals surface area contributed by atoms with Crippen molar-refractivity contribution in [2.24, 2.45) is 0 Å². The lowest BCUT2D eigenvalue weighted by Gasteiger charge is -2.47. The second-order valence-corrected chi connectivity index (χ2v) is 17.8. The van der Waals surface area contributed by atoms with E-state index >= 15 is 0 Å². The molecule has 0 nitrogen and oxygen atoms in total. The van der Waals surface area contributed by atoms with Crippen LogP contribution in [0.15, 0.2) is 60.7 Å². The summed E-state index contributed by atoms with van der Waals surface area (Å²) in [5, 5.41) is 2.95. The van der Waals surface area contributed by atoms with E-state index in [0.29, 0.717) is 0 Å². The monoisotopic (exact) mass is 308 g/mol. The van der Waals surface area contributed by atoms with Gasteiger partial charge in [-0.3, -0.25) is 0 Å². The minimum absolute atomic E-state index is 1.05.